The molecule has 0 unspecified atom stereocenters. The summed E-state index contributed by atoms with van der Waals surface area (Å²) in [6, 6.07) is 37.8. The molecule has 0 aliphatic rings. The summed E-state index contributed by atoms with van der Waals surface area (Å²) in [5, 5.41) is 1.01. The molecule has 6 heteroatoms. The van der Waals surface area contributed by atoms with E-state index in [4.69, 9.17) is 17.6 Å². The van der Waals surface area contributed by atoms with E-state index in [0.717, 1.165) is 45.5 Å². The van der Waals surface area contributed by atoms with Crippen LogP contribution in [0.2, 0.25) is 0 Å². The molecule has 0 N–H and O–H groups in total. The first-order valence-corrected chi connectivity index (χ1v) is 17.1. The van der Waals surface area contributed by atoms with Crippen molar-refractivity contribution in [3.63, 3.8) is 0 Å². The summed E-state index contributed by atoms with van der Waals surface area (Å²) in [4.78, 5) is 13.7. The third-order valence-electron chi connectivity index (χ3n) is 8.89. The number of hydrogen-bond acceptors (Lipinski definition) is 4. The first-order chi connectivity index (χ1) is 27.2. The zero-order valence-electron chi connectivity index (χ0n) is 35.4. The predicted molar refractivity (Wildman–Crippen MR) is 208 cm³/mol. The van der Waals surface area contributed by atoms with Gasteiger partial charge >= 0.3 is 0 Å². The van der Waals surface area contributed by atoms with Crippen LogP contribution in [0.4, 0.5) is 0 Å². The second-order valence-electron chi connectivity index (χ2n) is 13.2. The standard InChI is InChI=1S/C33H30N3O.C13H12N.Ir/c1-21(2)25-11-9-12-26(22(3)4)32(25)36-30-14-6-5-13-29(30)35-33(36)28-20-37-31-16-15-23(19-27(28)31)18-24-10-7-8-17-34-24;1-10-3-6-12(7-4-10)13-8-5-11(2)9-14-13;/h5-17,19,21-22H,18H2,1-4H3;3-6,8-9H,1-2H3;/q2*-1;/i;1D3,2D3;. The number of hydrogen-bond donors (Lipinski definition) is 0. The van der Waals surface area contributed by atoms with Gasteiger partial charge < -0.3 is 14.0 Å². The molecule has 8 rings (SSSR count). The number of fused-ring (bicyclic) bond motifs is 2. The number of furan rings is 1. The van der Waals surface area contributed by atoms with E-state index in [0.29, 0.717) is 23.1 Å². The van der Waals surface area contributed by atoms with Crippen LogP contribution >= 0.6 is 0 Å². The topological polar surface area (TPSA) is 56.7 Å². The molecule has 8 aromatic rings. The number of para-hydroxylation sites is 3. The molecule has 4 aromatic carbocycles. The fourth-order valence-electron chi connectivity index (χ4n) is 6.34. The van der Waals surface area contributed by atoms with Crippen molar-refractivity contribution in [1.82, 2.24) is 19.5 Å². The molecule has 263 valence electrons. The van der Waals surface area contributed by atoms with Crippen molar-refractivity contribution in [3.8, 4) is 28.3 Å². The van der Waals surface area contributed by atoms with E-state index in [1.54, 1.807) is 12.1 Å². The van der Waals surface area contributed by atoms with Crippen LogP contribution in [-0.2, 0) is 26.5 Å². The Kier molecular flexibility index (Phi) is 9.07. The summed E-state index contributed by atoms with van der Waals surface area (Å²) >= 11 is 0. The third-order valence-corrected chi connectivity index (χ3v) is 8.89. The van der Waals surface area contributed by atoms with Crippen molar-refractivity contribution in [1.29, 1.82) is 0 Å². The van der Waals surface area contributed by atoms with Crippen LogP contribution in [0.15, 0.2) is 126 Å². The molecule has 1 radical (unpaired) electrons. The molecule has 0 bridgehead atoms. The second-order valence-corrected chi connectivity index (χ2v) is 13.2. The SMILES string of the molecule is CC(C)c1cccc(C(C)C)c1-n1c(-c2[c-]oc3ccc(Cc4ccccn4)cc23)nc2ccccc21.[2H]C([2H])([2H])c1c[c-]c(-c2ccc(C([2H])([2H])[2H])cn2)cc1.[Ir]. The quantitative estimate of drug-likeness (QED) is 0.150. The van der Waals surface area contributed by atoms with Crippen molar-refractivity contribution < 1.29 is 32.7 Å². The zero-order chi connectivity index (χ0) is 40.5. The van der Waals surface area contributed by atoms with E-state index in [1.165, 1.54) is 46.8 Å². The van der Waals surface area contributed by atoms with Crippen LogP contribution in [0.5, 0.6) is 0 Å². The van der Waals surface area contributed by atoms with Crippen molar-refractivity contribution in [2.75, 3.05) is 0 Å². The predicted octanol–water partition coefficient (Wildman–Crippen LogP) is 11.6. The molecule has 52 heavy (non-hydrogen) atoms. The van der Waals surface area contributed by atoms with Gasteiger partial charge in [-0.25, -0.2) is 0 Å². The van der Waals surface area contributed by atoms with Crippen molar-refractivity contribution in [2.24, 2.45) is 0 Å². The molecule has 0 saturated carbocycles. The number of nitrogens with zero attached hydrogens (tertiary/aromatic N) is 4. The van der Waals surface area contributed by atoms with Crippen LogP contribution in [0.1, 0.15) is 81.3 Å². The van der Waals surface area contributed by atoms with Gasteiger partial charge in [-0.1, -0.05) is 118 Å². The van der Waals surface area contributed by atoms with Gasteiger partial charge in [-0.05, 0) is 65.3 Å². The molecule has 0 saturated heterocycles. The van der Waals surface area contributed by atoms with E-state index in [9.17, 15) is 0 Å². The van der Waals surface area contributed by atoms with Crippen LogP contribution in [-0.4, -0.2) is 19.5 Å². The second kappa shape index (κ2) is 16.0. The van der Waals surface area contributed by atoms with Crippen molar-refractivity contribution >= 4 is 22.0 Å². The van der Waals surface area contributed by atoms with E-state index < -0.39 is 13.7 Å². The van der Waals surface area contributed by atoms with Gasteiger partial charge in [-0.3, -0.25) is 9.97 Å². The molecule has 4 heterocycles. The van der Waals surface area contributed by atoms with Gasteiger partial charge in [0.2, 0.25) is 0 Å². The van der Waals surface area contributed by atoms with E-state index >= 15 is 0 Å². The van der Waals surface area contributed by atoms with Crippen LogP contribution in [0.25, 0.3) is 50.3 Å². The first-order valence-electron chi connectivity index (χ1n) is 20.1. The Hall–Kier alpha value is -5.16. The maximum Gasteiger partial charge on any atom is 0.0774 e. The average molecular weight is 865 g/mol. The molecule has 4 aromatic heterocycles. The summed E-state index contributed by atoms with van der Waals surface area (Å²) in [6.45, 7) is 4.68. The number of benzene rings is 4. The molecule has 0 aliphatic carbocycles. The van der Waals surface area contributed by atoms with Gasteiger partial charge in [0.15, 0.2) is 0 Å². The summed E-state index contributed by atoms with van der Waals surface area (Å²) < 4.78 is 51.9. The minimum absolute atomic E-state index is 0. The van der Waals surface area contributed by atoms with Crippen LogP contribution in [0, 0.1) is 26.0 Å². The van der Waals surface area contributed by atoms with E-state index in [-0.39, 0.29) is 31.2 Å². The Morgan fingerprint density at radius 2 is 1.56 bits per heavy atom. The van der Waals surface area contributed by atoms with E-state index in [2.05, 4.69) is 109 Å². The molecule has 0 fully saturated rings. The first kappa shape index (κ1) is 29.4. The number of rotatable bonds is 7. The summed E-state index contributed by atoms with van der Waals surface area (Å²) in [5.74, 6) is 1.57. The Morgan fingerprint density at radius 3 is 2.23 bits per heavy atom. The monoisotopic (exact) mass is 865 g/mol. The van der Waals surface area contributed by atoms with Gasteiger partial charge in [0, 0.05) is 70.4 Å². The van der Waals surface area contributed by atoms with Crippen LogP contribution < -0.4 is 0 Å². The fourth-order valence-corrected chi connectivity index (χ4v) is 6.34. The number of imidazole rings is 1. The average Bonchev–Trinajstić information content (AvgIpc) is 3.79. The largest absolute Gasteiger partial charge is 0.557 e. The fraction of sp³-hybridized carbons (Fsp3) is 0.196. The summed E-state index contributed by atoms with van der Waals surface area (Å²) in [6.07, 6.45) is 7.11. The third kappa shape index (κ3) is 7.69. The smallest absolute Gasteiger partial charge is 0.0774 e. The van der Waals surface area contributed by atoms with Gasteiger partial charge in [-0.15, -0.1) is 35.4 Å². The van der Waals surface area contributed by atoms with Crippen molar-refractivity contribution in [2.45, 2.75) is 59.7 Å². The Balaban J connectivity index is 0.000000230. The Bertz CT molecular complexity index is 2550. The van der Waals surface area contributed by atoms with Gasteiger partial charge in [0.25, 0.3) is 0 Å². The minimum Gasteiger partial charge on any atom is -0.557 e. The van der Waals surface area contributed by atoms with Gasteiger partial charge in [0.1, 0.15) is 0 Å². The molecular formula is C46H42IrN4O-2. The maximum atomic E-state index is 7.28. The molecule has 0 aliphatic heterocycles. The Labute approximate surface area is 328 Å². The molecule has 0 atom stereocenters. The molecule has 0 spiro atoms. The number of pyridine rings is 2. The number of aryl methyl sites for hydroxylation is 2. The van der Waals surface area contributed by atoms with Gasteiger partial charge in [-0.2, -0.15) is 0 Å². The molecule has 5 nitrogen and oxygen atoms in total. The van der Waals surface area contributed by atoms with Crippen molar-refractivity contribution in [3.05, 3.63) is 167 Å². The molecular weight excluding hydrogens is 817 g/mol. The maximum absolute atomic E-state index is 7.28. The summed E-state index contributed by atoms with van der Waals surface area (Å²) in [7, 11) is 0. The molecule has 0 amide bonds. The zero-order valence-corrected chi connectivity index (χ0v) is 31.8. The minimum atomic E-state index is -2.18. The normalized spacial score (nSPS) is 13.3. The van der Waals surface area contributed by atoms with Crippen LogP contribution in [0.3, 0.4) is 0 Å². The van der Waals surface area contributed by atoms with E-state index in [1.807, 2.05) is 30.5 Å². The summed E-state index contributed by atoms with van der Waals surface area (Å²) in [5.41, 5.74) is 11.3. The Morgan fingerprint density at radius 1 is 0.788 bits per heavy atom. The van der Waals surface area contributed by atoms with Gasteiger partial charge in [0.05, 0.1) is 16.9 Å². The number of aromatic nitrogens is 4.